The molecule has 0 spiro atoms. The maximum Gasteiger partial charge on any atom is 0.123 e. The van der Waals surface area contributed by atoms with E-state index in [1.165, 1.54) is 11.1 Å². The minimum absolute atomic E-state index is 0.0391. The van der Waals surface area contributed by atoms with Crippen LogP contribution in [-0.2, 0) is 12.8 Å². The van der Waals surface area contributed by atoms with E-state index >= 15 is 0 Å². The lowest BCUT2D eigenvalue weighted by Crippen LogP contribution is -2.32. The molecule has 0 amide bonds. The molecule has 1 aliphatic rings. The fourth-order valence-electron chi connectivity index (χ4n) is 2.12. The third-order valence-corrected chi connectivity index (χ3v) is 3.14. The van der Waals surface area contributed by atoms with Gasteiger partial charge in [0, 0.05) is 6.61 Å². The molecule has 0 aliphatic carbocycles. The first-order chi connectivity index (χ1) is 7.61. The van der Waals surface area contributed by atoms with E-state index in [4.69, 9.17) is 9.84 Å². The molecule has 1 N–H and O–H groups in total. The van der Waals surface area contributed by atoms with E-state index in [0.29, 0.717) is 0 Å². The summed E-state index contributed by atoms with van der Waals surface area (Å²) < 4.78 is 5.98. The van der Waals surface area contributed by atoms with Gasteiger partial charge in [-0.2, -0.15) is 0 Å². The molecule has 0 saturated carbocycles. The van der Waals surface area contributed by atoms with E-state index in [1.54, 1.807) is 0 Å². The van der Waals surface area contributed by atoms with Crippen molar-refractivity contribution in [3.8, 4) is 5.75 Å². The quantitative estimate of drug-likeness (QED) is 0.848. The highest BCUT2D eigenvalue weighted by Gasteiger charge is 2.26. The van der Waals surface area contributed by atoms with Crippen molar-refractivity contribution in [3.63, 3.8) is 0 Å². The van der Waals surface area contributed by atoms with Crippen molar-refractivity contribution in [1.29, 1.82) is 0 Å². The van der Waals surface area contributed by atoms with Gasteiger partial charge in [-0.3, -0.25) is 0 Å². The molecule has 0 unspecified atom stereocenters. The Labute approximate surface area is 97.3 Å². The Morgan fingerprint density at radius 3 is 2.94 bits per heavy atom. The third-order valence-electron chi connectivity index (χ3n) is 3.14. The van der Waals surface area contributed by atoms with Gasteiger partial charge in [0.25, 0.3) is 0 Å². The molecule has 1 aromatic rings. The zero-order valence-corrected chi connectivity index (χ0v) is 10.1. The van der Waals surface area contributed by atoms with Gasteiger partial charge in [-0.15, -0.1) is 0 Å². The Morgan fingerprint density at radius 2 is 2.19 bits per heavy atom. The van der Waals surface area contributed by atoms with Gasteiger partial charge in [-0.1, -0.05) is 12.1 Å². The van der Waals surface area contributed by atoms with Crippen LogP contribution in [0.4, 0.5) is 0 Å². The summed E-state index contributed by atoms with van der Waals surface area (Å²) in [6, 6.07) is 6.44. The van der Waals surface area contributed by atoms with Crippen LogP contribution in [0.2, 0.25) is 0 Å². The van der Waals surface area contributed by atoms with Crippen molar-refractivity contribution < 1.29 is 9.84 Å². The van der Waals surface area contributed by atoms with Crippen LogP contribution >= 0.6 is 0 Å². The largest absolute Gasteiger partial charge is 0.488 e. The summed E-state index contributed by atoms with van der Waals surface area (Å²) >= 11 is 0. The average Bonchev–Trinajstić information content (AvgIpc) is 2.24. The predicted octanol–water partition coefficient (Wildman–Crippen LogP) is 2.72. The Hall–Kier alpha value is -1.02. The monoisotopic (exact) mass is 220 g/mol. The highest BCUT2D eigenvalue weighted by molar-refractivity contribution is 5.39. The maximum absolute atomic E-state index is 8.82. The molecule has 0 fully saturated rings. The van der Waals surface area contributed by atoms with Crippen LogP contribution in [0.25, 0.3) is 0 Å². The molecule has 1 aromatic carbocycles. The number of aliphatic hydroxyl groups excluding tert-OH is 1. The lowest BCUT2D eigenvalue weighted by Gasteiger charge is -2.32. The van der Waals surface area contributed by atoms with Gasteiger partial charge in [-0.25, -0.2) is 0 Å². The number of fused-ring (bicyclic) bond motifs is 1. The van der Waals surface area contributed by atoms with Crippen molar-refractivity contribution in [1.82, 2.24) is 0 Å². The van der Waals surface area contributed by atoms with Crippen molar-refractivity contribution >= 4 is 0 Å². The van der Waals surface area contributed by atoms with Crippen LogP contribution in [0.15, 0.2) is 18.2 Å². The topological polar surface area (TPSA) is 29.5 Å². The molecule has 2 rings (SSSR count). The van der Waals surface area contributed by atoms with E-state index in [2.05, 4.69) is 32.0 Å². The fraction of sp³-hybridized carbons (Fsp3) is 0.571. The summed E-state index contributed by atoms with van der Waals surface area (Å²) in [4.78, 5) is 0. The Kier molecular flexibility index (Phi) is 3.20. The lowest BCUT2D eigenvalue weighted by molar-refractivity contribution is 0.0846. The van der Waals surface area contributed by atoms with Crippen molar-refractivity contribution in [2.24, 2.45) is 0 Å². The summed E-state index contributed by atoms with van der Waals surface area (Å²) in [5.74, 6) is 1.03. The number of hydrogen-bond donors (Lipinski definition) is 1. The summed E-state index contributed by atoms with van der Waals surface area (Å²) in [5.41, 5.74) is 2.53. The Morgan fingerprint density at radius 1 is 1.38 bits per heavy atom. The van der Waals surface area contributed by atoms with Crippen LogP contribution in [0.3, 0.4) is 0 Å². The van der Waals surface area contributed by atoms with Gasteiger partial charge in [0.05, 0.1) is 0 Å². The normalized spacial score (nSPS) is 17.7. The van der Waals surface area contributed by atoms with Crippen LogP contribution < -0.4 is 4.74 Å². The zero-order valence-electron chi connectivity index (χ0n) is 10.1. The van der Waals surface area contributed by atoms with E-state index in [0.717, 1.165) is 31.4 Å². The second kappa shape index (κ2) is 4.46. The molecule has 16 heavy (non-hydrogen) atoms. The first-order valence-corrected chi connectivity index (χ1v) is 6.02. The van der Waals surface area contributed by atoms with Gasteiger partial charge in [0.2, 0.25) is 0 Å². The zero-order chi connectivity index (χ0) is 11.6. The molecule has 1 heterocycles. The van der Waals surface area contributed by atoms with Gasteiger partial charge in [-0.05, 0) is 56.7 Å². The summed E-state index contributed by atoms with van der Waals surface area (Å²) in [6.07, 6.45) is 3.92. The number of rotatable bonds is 3. The second-order valence-electron chi connectivity index (χ2n) is 5.13. The molecule has 0 radical (unpaired) electrons. The summed E-state index contributed by atoms with van der Waals surface area (Å²) in [5, 5.41) is 8.82. The Balaban J connectivity index is 2.17. The summed E-state index contributed by atoms with van der Waals surface area (Å²) in [7, 11) is 0. The second-order valence-corrected chi connectivity index (χ2v) is 5.13. The van der Waals surface area contributed by atoms with Gasteiger partial charge >= 0.3 is 0 Å². The van der Waals surface area contributed by atoms with Crippen molar-refractivity contribution in [3.05, 3.63) is 29.3 Å². The molecule has 2 nitrogen and oxygen atoms in total. The number of ether oxygens (including phenoxy) is 1. The smallest absolute Gasteiger partial charge is 0.123 e. The van der Waals surface area contributed by atoms with Crippen LogP contribution in [0.1, 0.15) is 37.8 Å². The predicted molar refractivity (Wildman–Crippen MR) is 64.9 cm³/mol. The molecular weight excluding hydrogens is 200 g/mol. The average molecular weight is 220 g/mol. The molecular formula is C14H20O2. The standard InChI is InChI=1S/C14H20O2/c1-14(2)8-7-12-6-5-11(4-3-9-15)10-13(12)16-14/h5-6,10,15H,3-4,7-9H2,1-2H3. The molecule has 0 bridgehead atoms. The third kappa shape index (κ3) is 2.56. The molecule has 88 valence electrons. The molecule has 0 aromatic heterocycles. The number of aliphatic hydroxyl groups is 1. The highest BCUT2D eigenvalue weighted by Crippen LogP contribution is 2.33. The number of aryl methyl sites for hydroxylation is 2. The molecule has 0 atom stereocenters. The van der Waals surface area contributed by atoms with Crippen LogP contribution in [-0.4, -0.2) is 17.3 Å². The lowest BCUT2D eigenvalue weighted by atomic mass is 9.93. The summed E-state index contributed by atoms with van der Waals surface area (Å²) in [6.45, 7) is 4.52. The van der Waals surface area contributed by atoms with Crippen molar-refractivity contribution in [2.75, 3.05) is 6.61 Å². The van der Waals surface area contributed by atoms with Gasteiger partial charge in [0.15, 0.2) is 0 Å². The van der Waals surface area contributed by atoms with E-state index in [1.807, 2.05) is 0 Å². The number of hydrogen-bond acceptors (Lipinski definition) is 2. The maximum atomic E-state index is 8.82. The molecule has 0 saturated heterocycles. The fourth-order valence-corrected chi connectivity index (χ4v) is 2.12. The molecule has 1 aliphatic heterocycles. The van der Waals surface area contributed by atoms with E-state index < -0.39 is 0 Å². The highest BCUT2D eigenvalue weighted by atomic mass is 16.5. The van der Waals surface area contributed by atoms with E-state index in [9.17, 15) is 0 Å². The SMILES string of the molecule is CC1(C)CCc2ccc(CCCO)cc2O1. The Bertz CT molecular complexity index is 369. The van der Waals surface area contributed by atoms with E-state index in [-0.39, 0.29) is 12.2 Å². The minimum atomic E-state index is -0.0391. The van der Waals surface area contributed by atoms with Gasteiger partial charge in [0.1, 0.15) is 11.4 Å². The van der Waals surface area contributed by atoms with Crippen LogP contribution in [0, 0.1) is 0 Å². The van der Waals surface area contributed by atoms with Gasteiger partial charge < -0.3 is 9.84 Å². The first-order valence-electron chi connectivity index (χ1n) is 6.02. The van der Waals surface area contributed by atoms with Crippen molar-refractivity contribution in [2.45, 2.75) is 45.1 Å². The first kappa shape index (κ1) is 11.5. The minimum Gasteiger partial charge on any atom is -0.488 e. The number of benzene rings is 1. The van der Waals surface area contributed by atoms with Crippen LogP contribution in [0.5, 0.6) is 5.75 Å². The molecule has 2 heteroatoms.